The van der Waals surface area contributed by atoms with Crippen molar-refractivity contribution in [2.75, 3.05) is 5.32 Å². The van der Waals surface area contributed by atoms with E-state index in [2.05, 4.69) is 20.4 Å². The van der Waals surface area contributed by atoms with Gasteiger partial charge in [0, 0.05) is 38.2 Å². The van der Waals surface area contributed by atoms with Gasteiger partial charge in [0.1, 0.15) is 11.4 Å². The summed E-state index contributed by atoms with van der Waals surface area (Å²) in [4.78, 5) is 32.1. The van der Waals surface area contributed by atoms with Crippen LogP contribution in [-0.4, -0.2) is 30.4 Å². The van der Waals surface area contributed by atoms with Crippen LogP contribution in [0.4, 0.5) is 36.4 Å². The number of rotatable bonds is 7. The summed E-state index contributed by atoms with van der Waals surface area (Å²) in [5.41, 5.74) is -4.89. The normalized spacial score (nSPS) is 13.0. The zero-order chi connectivity index (χ0) is 29.4. The first-order valence-corrected chi connectivity index (χ1v) is 11.8. The van der Waals surface area contributed by atoms with Crippen LogP contribution < -0.4 is 16.4 Å². The van der Waals surface area contributed by atoms with Crippen molar-refractivity contribution in [3.63, 3.8) is 0 Å². The summed E-state index contributed by atoms with van der Waals surface area (Å²) in [5, 5.41) is 6.61. The number of aromatic nitrogens is 5. The molecule has 1 N–H and O–H groups in total. The molecule has 1 aromatic carbocycles. The Morgan fingerprint density at radius 2 is 1.65 bits per heavy atom. The van der Waals surface area contributed by atoms with Gasteiger partial charge in [0.15, 0.2) is 5.82 Å². The van der Waals surface area contributed by atoms with E-state index in [4.69, 9.17) is 0 Å². The number of alkyl halides is 6. The summed E-state index contributed by atoms with van der Waals surface area (Å²) >= 11 is 0. The minimum atomic E-state index is -4.88. The van der Waals surface area contributed by atoms with Gasteiger partial charge in [0.2, 0.25) is 0 Å². The lowest BCUT2D eigenvalue weighted by Gasteiger charge is -2.19. The van der Waals surface area contributed by atoms with Crippen LogP contribution in [0.2, 0.25) is 0 Å². The molecule has 15 heteroatoms. The highest BCUT2D eigenvalue weighted by atomic mass is 19.4. The second-order valence-electron chi connectivity index (χ2n) is 9.07. The van der Waals surface area contributed by atoms with Gasteiger partial charge in [-0.15, -0.1) is 0 Å². The van der Waals surface area contributed by atoms with E-state index in [9.17, 15) is 40.3 Å². The number of hydrogen-bond donors (Lipinski definition) is 1. The number of pyridine rings is 1. The smallest absolute Gasteiger partial charge is 0.381 e. The fourth-order valence-electron chi connectivity index (χ4n) is 4.09. The molecule has 0 saturated carbocycles. The van der Waals surface area contributed by atoms with Crippen LogP contribution in [-0.2, 0) is 25.9 Å². The predicted molar refractivity (Wildman–Crippen MR) is 131 cm³/mol. The average molecular weight is 570 g/mol. The standard InChI is InChI=1S/C25H21F7N6O2/c1-13(36-19-12-35-37(2)23(40)20(19)25(30,31)32)4-3-6-38-7-5-14-8-17(18(26)9-16(14)22(38)39)21-33-10-15(11-34-21)24(27,28)29/h5,7-13,36H,3-4,6H2,1-2H3/t13-/m0/s1. The van der Waals surface area contributed by atoms with Gasteiger partial charge in [-0.3, -0.25) is 9.59 Å². The van der Waals surface area contributed by atoms with Crippen LogP contribution >= 0.6 is 0 Å². The highest BCUT2D eigenvalue weighted by Crippen LogP contribution is 2.32. The third-order valence-electron chi connectivity index (χ3n) is 6.14. The molecule has 0 aliphatic rings. The van der Waals surface area contributed by atoms with Gasteiger partial charge in [-0.2, -0.15) is 31.4 Å². The van der Waals surface area contributed by atoms with Crippen LogP contribution in [0.3, 0.4) is 0 Å². The van der Waals surface area contributed by atoms with Crippen molar-refractivity contribution in [1.29, 1.82) is 0 Å². The van der Waals surface area contributed by atoms with E-state index < -0.39 is 52.1 Å². The summed E-state index contributed by atoms with van der Waals surface area (Å²) in [6.07, 6.45) is -5.42. The second-order valence-corrected chi connectivity index (χ2v) is 9.07. The minimum Gasteiger partial charge on any atom is -0.381 e. The van der Waals surface area contributed by atoms with Crippen LogP contribution in [0.1, 0.15) is 30.9 Å². The Morgan fingerprint density at radius 1 is 0.975 bits per heavy atom. The number of halogens is 7. The van der Waals surface area contributed by atoms with Gasteiger partial charge in [0.05, 0.1) is 28.4 Å². The lowest BCUT2D eigenvalue weighted by atomic mass is 10.1. The molecule has 4 rings (SSSR count). The van der Waals surface area contributed by atoms with E-state index in [1.54, 1.807) is 6.92 Å². The Bertz CT molecular complexity index is 1660. The largest absolute Gasteiger partial charge is 0.423 e. The first-order valence-electron chi connectivity index (χ1n) is 11.8. The van der Waals surface area contributed by atoms with E-state index in [-0.39, 0.29) is 23.3 Å². The summed E-state index contributed by atoms with van der Waals surface area (Å²) in [6.45, 7) is 1.77. The van der Waals surface area contributed by atoms with Crippen molar-refractivity contribution in [2.45, 2.75) is 44.7 Å². The number of anilines is 1. The maximum atomic E-state index is 14.8. The van der Waals surface area contributed by atoms with Gasteiger partial charge in [-0.25, -0.2) is 19.0 Å². The van der Waals surface area contributed by atoms with Crippen molar-refractivity contribution in [1.82, 2.24) is 24.3 Å². The minimum absolute atomic E-state index is 0.0165. The van der Waals surface area contributed by atoms with E-state index >= 15 is 0 Å². The van der Waals surface area contributed by atoms with Crippen LogP contribution in [0.25, 0.3) is 22.2 Å². The molecular formula is C25H21F7N6O2. The molecule has 0 fully saturated rings. The van der Waals surface area contributed by atoms with Crippen molar-refractivity contribution < 1.29 is 30.7 Å². The number of nitrogens with zero attached hydrogens (tertiary/aromatic N) is 5. The molecule has 40 heavy (non-hydrogen) atoms. The number of benzene rings is 1. The highest BCUT2D eigenvalue weighted by Gasteiger charge is 2.38. The monoisotopic (exact) mass is 570 g/mol. The van der Waals surface area contributed by atoms with Crippen molar-refractivity contribution in [3.8, 4) is 11.4 Å². The van der Waals surface area contributed by atoms with Gasteiger partial charge in [0.25, 0.3) is 11.1 Å². The number of nitrogens with one attached hydrogen (secondary N) is 1. The first-order chi connectivity index (χ1) is 18.7. The summed E-state index contributed by atoms with van der Waals surface area (Å²) in [6, 6.07) is 3.22. The Labute approximate surface area is 221 Å². The van der Waals surface area contributed by atoms with E-state index in [0.717, 1.165) is 19.3 Å². The zero-order valence-electron chi connectivity index (χ0n) is 20.9. The molecule has 1 atom stereocenters. The van der Waals surface area contributed by atoms with Gasteiger partial charge >= 0.3 is 12.4 Å². The Balaban J connectivity index is 1.48. The molecule has 0 saturated heterocycles. The number of hydrogen-bond acceptors (Lipinski definition) is 6. The van der Waals surface area contributed by atoms with Crippen molar-refractivity contribution >= 4 is 16.5 Å². The van der Waals surface area contributed by atoms with Crippen LogP contribution in [0.5, 0.6) is 0 Å². The Morgan fingerprint density at radius 3 is 2.27 bits per heavy atom. The molecule has 0 spiro atoms. The topological polar surface area (TPSA) is 94.7 Å². The fourth-order valence-corrected chi connectivity index (χ4v) is 4.09. The molecular weight excluding hydrogens is 549 g/mol. The molecule has 0 aliphatic carbocycles. The molecule has 0 radical (unpaired) electrons. The maximum absolute atomic E-state index is 14.8. The molecule has 0 aliphatic heterocycles. The average Bonchev–Trinajstić information content (AvgIpc) is 2.86. The highest BCUT2D eigenvalue weighted by molar-refractivity contribution is 5.86. The van der Waals surface area contributed by atoms with E-state index in [1.807, 2.05) is 0 Å². The summed E-state index contributed by atoms with van der Waals surface area (Å²) < 4.78 is 95.2. The Hall–Kier alpha value is -4.30. The molecule has 0 bridgehead atoms. The molecule has 4 aromatic rings. The maximum Gasteiger partial charge on any atom is 0.423 e. The van der Waals surface area contributed by atoms with Crippen molar-refractivity contribution in [3.05, 3.63) is 80.6 Å². The lowest BCUT2D eigenvalue weighted by Crippen LogP contribution is -2.31. The van der Waals surface area contributed by atoms with E-state index in [0.29, 0.717) is 35.3 Å². The zero-order valence-corrected chi connectivity index (χ0v) is 20.9. The SMILES string of the molecule is C[C@@H](CCCn1ccc2cc(-c3ncc(C(F)(F)F)cn3)c(F)cc2c1=O)Nc1cnn(C)c(=O)c1C(F)(F)F. The van der Waals surface area contributed by atoms with Gasteiger partial charge in [-0.1, -0.05) is 0 Å². The summed E-state index contributed by atoms with van der Waals surface area (Å²) in [5.74, 6) is -1.18. The third kappa shape index (κ3) is 5.97. The lowest BCUT2D eigenvalue weighted by molar-refractivity contribution is -0.139. The summed E-state index contributed by atoms with van der Waals surface area (Å²) in [7, 11) is 1.11. The van der Waals surface area contributed by atoms with Crippen LogP contribution in [0, 0.1) is 5.82 Å². The fraction of sp³-hybridized carbons (Fsp3) is 0.320. The molecule has 0 unspecified atom stereocenters. The van der Waals surface area contributed by atoms with E-state index in [1.165, 1.54) is 22.9 Å². The molecule has 3 aromatic heterocycles. The van der Waals surface area contributed by atoms with Gasteiger partial charge < -0.3 is 9.88 Å². The third-order valence-corrected chi connectivity index (χ3v) is 6.14. The van der Waals surface area contributed by atoms with Gasteiger partial charge in [-0.05, 0) is 43.4 Å². The quantitative estimate of drug-likeness (QED) is 0.314. The number of fused-ring (bicyclic) bond motifs is 1. The van der Waals surface area contributed by atoms with Crippen molar-refractivity contribution in [2.24, 2.45) is 7.05 Å². The molecule has 212 valence electrons. The van der Waals surface area contributed by atoms with Crippen LogP contribution in [0.15, 0.2) is 52.6 Å². The number of aryl methyl sites for hydroxylation is 2. The Kier molecular flexibility index (Phi) is 7.67. The predicted octanol–water partition coefficient (Wildman–Crippen LogP) is 5.01. The second kappa shape index (κ2) is 10.7. The molecule has 0 amide bonds. The molecule has 3 heterocycles. The first kappa shape index (κ1) is 28.7. The molecule has 8 nitrogen and oxygen atoms in total.